The van der Waals surface area contributed by atoms with Crippen LogP contribution in [0.5, 0.6) is 0 Å². The molecule has 14 heavy (non-hydrogen) atoms. The van der Waals surface area contributed by atoms with Gasteiger partial charge in [-0.05, 0) is 13.3 Å². The lowest BCUT2D eigenvalue weighted by Gasteiger charge is -2.10. The van der Waals surface area contributed by atoms with E-state index in [1.807, 2.05) is 6.92 Å². The Kier molecular flexibility index (Phi) is 7.99. The quantitative estimate of drug-likeness (QED) is 0.359. The van der Waals surface area contributed by atoms with Crippen molar-refractivity contribution in [2.75, 3.05) is 6.61 Å². The molecule has 0 aromatic carbocycles. The molecule has 0 N–H and O–H groups in total. The Morgan fingerprint density at radius 3 is 2.79 bits per heavy atom. The maximum Gasteiger partial charge on any atom is 0.508 e. The molecule has 0 saturated heterocycles. The number of hydrogen-bond acceptors (Lipinski definition) is 3. The molecule has 0 radical (unpaired) electrons. The fraction of sp³-hybridized carbons (Fsp3) is 0.727. The summed E-state index contributed by atoms with van der Waals surface area (Å²) in [5.41, 5.74) is 0. The minimum atomic E-state index is -0.574. The molecule has 0 aromatic heterocycles. The molecule has 1 atom stereocenters. The van der Waals surface area contributed by atoms with E-state index in [1.165, 1.54) is 0 Å². The molecule has 0 fully saturated rings. The van der Waals surface area contributed by atoms with Crippen molar-refractivity contribution < 1.29 is 14.3 Å². The van der Waals surface area contributed by atoms with Gasteiger partial charge in [-0.1, -0.05) is 25.8 Å². The Bertz CT molecular complexity index is 166. The number of rotatable bonds is 7. The van der Waals surface area contributed by atoms with Gasteiger partial charge in [-0.3, -0.25) is 0 Å². The molecular weight excluding hydrogens is 180 g/mol. The van der Waals surface area contributed by atoms with Crippen LogP contribution in [-0.4, -0.2) is 18.9 Å². The summed E-state index contributed by atoms with van der Waals surface area (Å²) in [6, 6.07) is 0. The van der Waals surface area contributed by atoms with Crippen LogP contribution < -0.4 is 0 Å². The molecule has 0 aromatic rings. The molecule has 0 heterocycles. The standard InChI is InChI=1S/C11H20O3/c1-4-6-7-9-13-11(12)14-10(3)8-5-2/h5,10H,2,4,6-9H2,1,3H3. The molecule has 0 aliphatic heterocycles. The zero-order valence-corrected chi connectivity index (χ0v) is 9.12. The van der Waals surface area contributed by atoms with E-state index in [2.05, 4.69) is 13.5 Å². The third kappa shape index (κ3) is 7.65. The minimum absolute atomic E-state index is 0.147. The fourth-order valence-electron chi connectivity index (χ4n) is 0.989. The van der Waals surface area contributed by atoms with Gasteiger partial charge >= 0.3 is 6.16 Å². The number of ether oxygens (including phenoxy) is 2. The van der Waals surface area contributed by atoms with Crippen LogP contribution in [0.4, 0.5) is 4.79 Å². The first-order valence-corrected chi connectivity index (χ1v) is 5.15. The molecule has 0 rings (SSSR count). The second kappa shape index (κ2) is 8.60. The van der Waals surface area contributed by atoms with E-state index in [1.54, 1.807) is 6.08 Å². The van der Waals surface area contributed by atoms with Crippen molar-refractivity contribution in [1.29, 1.82) is 0 Å². The van der Waals surface area contributed by atoms with Crippen LogP contribution in [0, 0.1) is 0 Å². The van der Waals surface area contributed by atoms with Gasteiger partial charge in [-0.25, -0.2) is 4.79 Å². The van der Waals surface area contributed by atoms with E-state index in [4.69, 9.17) is 9.47 Å². The van der Waals surface area contributed by atoms with Gasteiger partial charge in [-0.15, -0.1) is 6.58 Å². The van der Waals surface area contributed by atoms with E-state index in [0.717, 1.165) is 19.3 Å². The lowest BCUT2D eigenvalue weighted by atomic mass is 10.3. The highest BCUT2D eigenvalue weighted by Crippen LogP contribution is 2.01. The van der Waals surface area contributed by atoms with E-state index in [0.29, 0.717) is 13.0 Å². The van der Waals surface area contributed by atoms with Crippen molar-refractivity contribution in [3.05, 3.63) is 12.7 Å². The Hall–Kier alpha value is -0.990. The highest BCUT2D eigenvalue weighted by atomic mass is 16.7. The van der Waals surface area contributed by atoms with Crippen molar-refractivity contribution >= 4 is 6.16 Å². The third-order valence-corrected chi connectivity index (χ3v) is 1.76. The highest BCUT2D eigenvalue weighted by molar-refractivity contribution is 5.60. The van der Waals surface area contributed by atoms with Crippen LogP contribution in [-0.2, 0) is 9.47 Å². The first-order chi connectivity index (χ1) is 6.70. The first-order valence-electron chi connectivity index (χ1n) is 5.15. The van der Waals surface area contributed by atoms with Crippen molar-refractivity contribution in [2.45, 2.75) is 45.6 Å². The van der Waals surface area contributed by atoms with E-state index in [9.17, 15) is 4.79 Å². The third-order valence-electron chi connectivity index (χ3n) is 1.76. The summed E-state index contributed by atoms with van der Waals surface area (Å²) < 4.78 is 9.80. The summed E-state index contributed by atoms with van der Waals surface area (Å²) in [7, 11) is 0. The summed E-state index contributed by atoms with van der Waals surface area (Å²) in [5, 5.41) is 0. The van der Waals surface area contributed by atoms with Crippen LogP contribution in [0.1, 0.15) is 39.5 Å². The van der Waals surface area contributed by atoms with Crippen LogP contribution in [0.2, 0.25) is 0 Å². The smallest absolute Gasteiger partial charge is 0.434 e. The van der Waals surface area contributed by atoms with Crippen LogP contribution in [0.25, 0.3) is 0 Å². The average molecular weight is 200 g/mol. The Morgan fingerprint density at radius 1 is 1.50 bits per heavy atom. The molecule has 0 amide bonds. The first kappa shape index (κ1) is 13.0. The van der Waals surface area contributed by atoms with E-state index >= 15 is 0 Å². The summed E-state index contributed by atoms with van der Waals surface area (Å²) >= 11 is 0. The van der Waals surface area contributed by atoms with Gasteiger partial charge in [0.15, 0.2) is 0 Å². The number of hydrogen-bond donors (Lipinski definition) is 0. The lowest BCUT2D eigenvalue weighted by Crippen LogP contribution is -2.15. The van der Waals surface area contributed by atoms with Gasteiger partial charge in [-0.2, -0.15) is 0 Å². The number of carbonyl (C=O) groups is 1. The zero-order chi connectivity index (χ0) is 10.8. The minimum Gasteiger partial charge on any atom is -0.434 e. The van der Waals surface area contributed by atoms with Crippen molar-refractivity contribution in [1.82, 2.24) is 0 Å². The van der Waals surface area contributed by atoms with Gasteiger partial charge in [0, 0.05) is 6.42 Å². The van der Waals surface area contributed by atoms with Gasteiger partial charge in [0.1, 0.15) is 6.10 Å². The van der Waals surface area contributed by atoms with Crippen molar-refractivity contribution in [2.24, 2.45) is 0 Å². The van der Waals surface area contributed by atoms with Crippen LogP contribution in [0.15, 0.2) is 12.7 Å². The van der Waals surface area contributed by atoms with Crippen molar-refractivity contribution in [3.8, 4) is 0 Å². The Balaban J connectivity index is 3.40. The second-order valence-electron chi connectivity index (χ2n) is 3.26. The van der Waals surface area contributed by atoms with Crippen molar-refractivity contribution in [3.63, 3.8) is 0 Å². The Morgan fingerprint density at radius 2 is 2.21 bits per heavy atom. The molecule has 0 spiro atoms. The van der Waals surface area contributed by atoms with Gasteiger partial charge < -0.3 is 9.47 Å². The van der Waals surface area contributed by atoms with Gasteiger partial charge in [0.25, 0.3) is 0 Å². The fourth-order valence-corrected chi connectivity index (χ4v) is 0.989. The topological polar surface area (TPSA) is 35.5 Å². The Labute approximate surface area is 86.1 Å². The van der Waals surface area contributed by atoms with E-state index in [-0.39, 0.29) is 6.10 Å². The summed E-state index contributed by atoms with van der Waals surface area (Å²) in [6.45, 7) is 7.93. The number of unbranched alkanes of at least 4 members (excludes halogenated alkanes) is 2. The maximum absolute atomic E-state index is 11.0. The molecule has 0 bridgehead atoms. The SMILES string of the molecule is C=CCC(C)OC(=O)OCCCCC. The monoisotopic (exact) mass is 200 g/mol. The van der Waals surface area contributed by atoms with Crippen LogP contribution >= 0.6 is 0 Å². The molecule has 0 aliphatic carbocycles. The second-order valence-corrected chi connectivity index (χ2v) is 3.26. The predicted molar refractivity (Wildman–Crippen MR) is 56.2 cm³/mol. The van der Waals surface area contributed by atoms with Gasteiger partial charge in [0.2, 0.25) is 0 Å². The zero-order valence-electron chi connectivity index (χ0n) is 9.12. The largest absolute Gasteiger partial charge is 0.508 e. The molecule has 1 unspecified atom stereocenters. The maximum atomic E-state index is 11.0. The van der Waals surface area contributed by atoms with Gasteiger partial charge in [0.05, 0.1) is 6.61 Å². The highest BCUT2D eigenvalue weighted by Gasteiger charge is 2.08. The summed E-state index contributed by atoms with van der Waals surface area (Å²) in [4.78, 5) is 11.0. The molecule has 0 saturated carbocycles. The molecule has 82 valence electrons. The summed E-state index contributed by atoms with van der Waals surface area (Å²) in [5.74, 6) is 0. The molecular formula is C11H20O3. The normalized spacial score (nSPS) is 11.9. The lowest BCUT2D eigenvalue weighted by molar-refractivity contribution is 0.0293. The van der Waals surface area contributed by atoms with Crippen LogP contribution in [0.3, 0.4) is 0 Å². The molecule has 3 nitrogen and oxygen atoms in total. The van der Waals surface area contributed by atoms with E-state index < -0.39 is 6.16 Å². The average Bonchev–Trinajstić information content (AvgIpc) is 2.13. The summed E-state index contributed by atoms with van der Waals surface area (Å²) in [6.07, 6.45) is 4.75. The predicted octanol–water partition coefficient (Wildman–Crippen LogP) is 3.29. The molecule has 0 aliphatic rings. The number of carbonyl (C=O) groups excluding carboxylic acids is 1. The molecule has 3 heteroatoms.